The van der Waals surface area contributed by atoms with Gasteiger partial charge in [-0.25, -0.2) is 13.1 Å². The molecule has 1 fully saturated rings. The summed E-state index contributed by atoms with van der Waals surface area (Å²) in [5.74, 6) is 1.43. The van der Waals surface area contributed by atoms with E-state index in [1.165, 1.54) is 0 Å². The molecule has 2 aliphatic heterocycles. The predicted octanol–water partition coefficient (Wildman–Crippen LogP) is 2.44. The number of halogens is 1. The second kappa shape index (κ2) is 8.61. The summed E-state index contributed by atoms with van der Waals surface area (Å²) in [6.45, 7) is 4.13. The molecule has 2 aliphatic rings. The average molecular weight is 482 g/mol. The summed E-state index contributed by atoms with van der Waals surface area (Å²) in [5, 5.41) is 0. The molecule has 0 amide bonds. The summed E-state index contributed by atoms with van der Waals surface area (Å²) >= 11 is 3.34. The molecule has 2 aromatic carbocycles. The third-order valence-corrected chi connectivity index (χ3v) is 7.32. The van der Waals surface area contributed by atoms with E-state index < -0.39 is 10.0 Å². The Balaban J connectivity index is 1.56. The number of likely N-dealkylation sites (N-methyl/N-ethyl adjacent to an activating group) is 1. The molecule has 4 rings (SSSR count). The van der Waals surface area contributed by atoms with Crippen LogP contribution >= 0.6 is 15.9 Å². The van der Waals surface area contributed by atoms with Crippen molar-refractivity contribution in [2.24, 2.45) is 0 Å². The minimum absolute atomic E-state index is 0.0941. The van der Waals surface area contributed by atoms with Crippen LogP contribution in [0, 0.1) is 0 Å². The van der Waals surface area contributed by atoms with Crippen LogP contribution in [0.4, 0.5) is 0 Å². The van der Waals surface area contributed by atoms with Crippen LogP contribution in [-0.2, 0) is 10.0 Å². The lowest BCUT2D eigenvalue weighted by atomic mass is 10.0. The Morgan fingerprint density at radius 3 is 2.45 bits per heavy atom. The van der Waals surface area contributed by atoms with Gasteiger partial charge < -0.3 is 14.4 Å². The van der Waals surface area contributed by atoms with Crippen LogP contribution in [0.2, 0.25) is 0 Å². The van der Waals surface area contributed by atoms with Gasteiger partial charge in [0.1, 0.15) is 0 Å². The third kappa shape index (κ3) is 4.75. The molecular formula is C20H24BrN3O4S. The summed E-state index contributed by atoms with van der Waals surface area (Å²) in [6, 6.07) is 12.4. The first kappa shape index (κ1) is 20.6. The highest BCUT2D eigenvalue weighted by atomic mass is 79.9. The normalized spacial score (nSPS) is 18.7. The van der Waals surface area contributed by atoms with Crippen molar-refractivity contribution in [2.45, 2.75) is 10.9 Å². The van der Waals surface area contributed by atoms with Crippen LogP contribution < -0.4 is 14.2 Å². The van der Waals surface area contributed by atoms with Crippen LogP contribution in [0.3, 0.4) is 0 Å². The number of nitrogens with one attached hydrogen (secondary N) is 1. The van der Waals surface area contributed by atoms with Gasteiger partial charge in [-0.05, 0) is 49.0 Å². The van der Waals surface area contributed by atoms with E-state index in [1.54, 1.807) is 24.3 Å². The lowest BCUT2D eigenvalue weighted by molar-refractivity contribution is 0.112. The van der Waals surface area contributed by atoms with E-state index in [0.29, 0.717) is 5.75 Å². The quantitative estimate of drug-likeness (QED) is 0.683. The number of sulfonamides is 1. The molecule has 2 heterocycles. The van der Waals surface area contributed by atoms with Crippen LogP contribution in [0.15, 0.2) is 51.8 Å². The fraction of sp³-hybridized carbons (Fsp3) is 0.400. The molecule has 0 radical (unpaired) electrons. The van der Waals surface area contributed by atoms with E-state index in [1.807, 2.05) is 18.2 Å². The number of rotatable bonds is 6. The van der Waals surface area contributed by atoms with Gasteiger partial charge in [-0.2, -0.15) is 0 Å². The minimum Gasteiger partial charge on any atom is -0.454 e. The highest BCUT2D eigenvalue weighted by molar-refractivity contribution is 9.10. The van der Waals surface area contributed by atoms with Crippen molar-refractivity contribution in [1.29, 1.82) is 0 Å². The predicted molar refractivity (Wildman–Crippen MR) is 114 cm³/mol. The zero-order valence-corrected chi connectivity index (χ0v) is 18.6. The summed E-state index contributed by atoms with van der Waals surface area (Å²) in [4.78, 5) is 4.85. The van der Waals surface area contributed by atoms with Crippen LogP contribution in [-0.4, -0.2) is 64.8 Å². The highest BCUT2D eigenvalue weighted by Crippen LogP contribution is 2.35. The maximum Gasteiger partial charge on any atom is 0.240 e. The molecule has 0 spiro atoms. The Bertz CT molecular complexity index is 960. The van der Waals surface area contributed by atoms with Crippen molar-refractivity contribution in [2.75, 3.05) is 46.6 Å². The molecule has 7 nitrogen and oxygen atoms in total. The molecule has 0 saturated carbocycles. The monoisotopic (exact) mass is 481 g/mol. The molecule has 1 N–H and O–H groups in total. The van der Waals surface area contributed by atoms with E-state index in [4.69, 9.17) is 9.47 Å². The standard InChI is InChI=1S/C20H24BrN3O4S/c1-23-8-10-24(11-9-23)18(15-2-7-19-20(12-15)28-14-27-19)13-22-29(25,26)17-5-3-16(21)4-6-17/h2-7,12,18,22H,8-11,13-14H2,1H3/t18-/m0/s1. The molecule has 156 valence electrons. The van der Waals surface area contributed by atoms with E-state index >= 15 is 0 Å². The minimum atomic E-state index is -3.60. The van der Waals surface area contributed by atoms with Gasteiger partial charge >= 0.3 is 0 Å². The molecule has 2 aromatic rings. The fourth-order valence-corrected chi connectivity index (χ4v) is 4.90. The van der Waals surface area contributed by atoms with Gasteiger partial charge in [-0.3, -0.25) is 4.90 Å². The van der Waals surface area contributed by atoms with Gasteiger partial charge in [-0.1, -0.05) is 22.0 Å². The number of benzene rings is 2. The Hall–Kier alpha value is -1.65. The third-order valence-electron chi connectivity index (χ3n) is 5.35. The van der Waals surface area contributed by atoms with Gasteiger partial charge in [0, 0.05) is 43.2 Å². The first-order chi connectivity index (χ1) is 13.9. The molecule has 1 atom stereocenters. The largest absolute Gasteiger partial charge is 0.454 e. The summed E-state index contributed by atoms with van der Waals surface area (Å²) in [7, 11) is -1.50. The van der Waals surface area contributed by atoms with Crippen molar-refractivity contribution in [3.8, 4) is 11.5 Å². The van der Waals surface area contributed by atoms with Gasteiger partial charge in [0.2, 0.25) is 16.8 Å². The lowest BCUT2D eigenvalue weighted by Crippen LogP contribution is -2.48. The summed E-state index contributed by atoms with van der Waals surface area (Å²) in [6.07, 6.45) is 0. The van der Waals surface area contributed by atoms with Crippen molar-refractivity contribution < 1.29 is 17.9 Å². The van der Waals surface area contributed by atoms with Crippen molar-refractivity contribution >= 4 is 26.0 Å². The van der Waals surface area contributed by atoms with E-state index in [9.17, 15) is 8.42 Å². The molecule has 1 saturated heterocycles. The zero-order chi connectivity index (χ0) is 20.4. The lowest BCUT2D eigenvalue weighted by Gasteiger charge is -2.38. The molecular weight excluding hydrogens is 458 g/mol. The Morgan fingerprint density at radius 1 is 1.03 bits per heavy atom. The Kier molecular flexibility index (Phi) is 6.12. The van der Waals surface area contributed by atoms with E-state index in [-0.39, 0.29) is 24.3 Å². The number of ether oxygens (including phenoxy) is 2. The van der Waals surface area contributed by atoms with Crippen LogP contribution in [0.5, 0.6) is 11.5 Å². The Morgan fingerprint density at radius 2 is 1.72 bits per heavy atom. The molecule has 9 heteroatoms. The highest BCUT2D eigenvalue weighted by Gasteiger charge is 2.27. The number of fused-ring (bicyclic) bond motifs is 1. The second-order valence-electron chi connectivity index (χ2n) is 7.27. The SMILES string of the molecule is CN1CCN([C@@H](CNS(=O)(=O)c2ccc(Br)cc2)c2ccc3c(c2)OCO3)CC1. The smallest absolute Gasteiger partial charge is 0.240 e. The van der Waals surface area contributed by atoms with Gasteiger partial charge in [0.15, 0.2) is 11.5 Å². The second-order valence-corrected chi connectivity index (χ2v) is 9.96. The molecule has 0 unspecified atom stereocenters. The summed E-state index contributed by atoms with van der Waals surface area (Å²) < 4.78 is 40.2. The number of piperazine rings is 1. The fourth-order valence-electron chi connectivity index (χ4n) is 3.60. The Labute approximate surface area is 179 Å². The first-order valence-electron chi connectivity index (χ1n) is 9.50. The van der Waals surface area contributed by atoms with E-state index in [0.717, 1.165) is 42.0 Å². The maximum atomic E-state index is 12.8. The van der Waals surface area contributed by atoms with Gasteiger partial charge in [0.25, 0.3) is 0 Å². The van der Waals surface area contributed by atoms with Crippen molar-refractivity contribution in [3.63, 3.8) is 0 Å². The zero-order valence-electron chi connectivity index (χ0n) is 16.2. The molecule has 0 aromatic heterocycles. The van der Waals surface area contributed by atoms with Crippen LogP contribution in [0.25, 0.3) is 0 Å². The molecule has 0 bridgehead atoms. The van der Waals surface area contributed by atoms with Gasteiger partial charge in [0.05, 0.1) is 4.90 Å². The number of hydrogen-bond donors (Lipinski definition) is 1. The van der Waals surface area contributed by atoms with Crippen molar-refractivity contribution in [1.82, 2.24) is 14.5 Å². The number of hydrogen-bond acceptors (Lipinski definition) is 6. The topological polar surface area (TPSA) is 71.1 Å². The number of nitrogens with zero attached hydrogens (tertiary/aromatic N) is 2. The first-order valence-corrected chi connectivity index (χ1v) is 11.8. The van der Waals surface area contributed by atoms with Crippen LogP contribution in [0.1, 0.15) is 11.6 Å². The van der Waals surface area contributed by atoms with E-state index in [2.05, 4.69) is 37.5 Å². The molecule has 29 heavy (non-hydrogen) atoms. The average Bonchev–Trinajstić information content (AvgIpc) is 3.18. The van der Waals surface area contributed by atoms with Crippen molar-refractivity contribution in [3.05, 3.63) is 52.5 Å². The summed E-state index contributed by atoms with van der Waals surface area (Å²) in [5.41, 5.74) is 1.01. The molecule has 0 aliphatic carbocycles. The van der Waals surface area contributed by atoms with Gasteiger partial charge in [-0.15, -0.1) is 0 Å². The maximum absolute atomic E-state index is 12.8.